The number of carbonyl (C=O) groups is 1. The van der Waals surface area contributed by atoms with E-state index in [1.807, 2.05) is 0 Å². The van der Waals surface area contributed by atoms with Crippen LogP contribution in [0, 0.1) is 0 Å². The summed E-state index contributed by atoms with van der Waals surface area (Å²) in [6, 6.07) is 12.5. The lowest BCUT2D eigenvalue weighted by Crippen LogP contribution is -2.27. The molecule has 2 aromatic rings. The van der Waals surface area contributed by atoms with Crippen LogP contribution in [-0.4, -0.2) is 26.6 Å². The Bertz CT molecular complexity index is 788. The SMILES string of the molecule is COc1ccc(CNS(=O)(=O)c2ccccc2C(=O)NO)cc1. The molecule has 0 saturated heterocycles. The number of rotatable bonds is 6. The minimum absolute atomic E-state index is 0.0570. The highest BCUT2D eigenvalue weighted by atomic mass is 32.2. The zero-order chi connectivity index (χ0) is 16.9. The molecule has 0 unspecified atom stereocenters. The Morgan fingerprint density at radius 1 is 1.13 bits per heavy atom. The molecule has 0 aliphatic heterocycles. The van der Waals surface area contributed by atoms with Crippen LogP contribution in [0.3, 0.4) is 0 Å². The van der Waals surface area contributed by atoms with Gasteiger partial charge in [-0.3, -0.25) is 10.0 Å². The van der Waals surface area contributed by atoms with E-state index in [9.17, 15) is 13.2 Å². The Kier molecular flexibility index (Phi) is 5.32. The van der Waals surface area contributed by atoms with Crippen LogP contribution in [-0.2, 0) is 16.6 Å². The first-order valence-corrected chi connectivity index (χ1v) is 8.12. The van der Waals surface area contributed by atoms with Crippen molar-refractivity contribution >= 4 is 15.9 Å². The molecule has 1 amide bonds. The van der Waals surface area contributed by atoms with E-state index in [1.165, 1.54) is 29.7 Å². The van der Waals surface area contributed by atoms with E-state index in [0.717, 1.165) is 5.56 Å². The lowest BCUT2D eigenvalue weighted by atomic mass is 10.2. The third-order valence-corrected chi connectivity index (χ3v) is 4.61. The van der Waals surface area contributed by atoms with E-state index in [0.29, 0.717) is 5.75 Å². The molecule has 0 saturated carbocycles. The second-order valence-corrected chi connectivity index (χ2v) is 6.35. The van der Waals surface area contributed by atoms with Gasteiger partial charge in [0.2, 0.25) is 10.0 Å². The second-order valence-electron chi connectivity index (χ2n) is 4.61. The predicted molar refractivity (Wildman–Crippen MR) is 82.7 cm³/mol. The number of ether oxygens (including phenoxy) is 1. The highest BCUT2D eigenvalue weighted by Gasteiger charge is 2.21. The van der Waals surface area contributed by atoms with E-state index in [1.54, 1.807) is 31.4 Å². The Morgan fingerprint density at radius 3 is 2.39 bits per heavy atom. The summed E-state index contributed by atoms with van der Waals surface area (Å²) in [6.45, 7) is 0.0570. The van der Waals surface area contributed by atoms with Gasteiger partial charge in [-0.15, -0.1) is 0 Å². The van der Waals surface area contributed by atoms with Gasteiger partial charge in [0, 0.05) is 6.54 Å². The Morgan fingerprint density at radius 2 is 1.78 bits per heavy atom. The van der Waals surface area contributed by atoms with Crippen LogP contribution in [0.4, 0.5) is 0 Å². The topological polar surface area (TPSA) is 105 Å². The maximum absolute atomic E-state index is 12.4. The Balaban J connectivity index is 2.20. The monoisotopic (exact) mass is 336 g/mol. The predicted octanol–water partition coefficient (Wildman–Crippen LogP) is 1.29. The summed E-state index contributed by atoms with van der Waals surface area (Å²) in [4.78, 5) is 11.4. The summed E-state index contributed by atoms with van der Waals surface area (Å²) >= 11 is 0. The largest absolute Gasteiger partial charge is 0.497 e. The lowest BCUT2D eigenvalue weighted by Gasteiger charge is -2.10. The molecule has 0 spiro atoms. The van der Waals surface area contributed by atoms with E-state index < -0.39 is 15.9 Å². The number of hydrogen-bond donors (Lipinski definition) is 3. The molecule has 7 nitrogen and oxygen atoms in total. The molecule has 122 valence electrons. The number of methoxy groups -OCH3 is 1. The van der Waals surface area contributed by atoms with Crippen LogP contribution >= 0.6 is 0 Å². The minimum atomic E-state index is -3.91. The van der Waals surface area contributed by atoms with Gasteiger partial charge in [0.1, 0.15) is 5.75 Å². The fraction of sp³-hybridized carbons (Fsp3) is 0.133. The molecular formula is C15H16N2O5S. The molecule has 0 aliphatic rings. The summed E-state index contributed by atoms with van der Waals surface area (Å²) < 4.78 is 32.2. The van der Waals surface area contributed by atoms with Crippen molar-refractivity contribution < 1.29 is 23.2 Å². The summed E-state index contributed by atoms with van der Waals surface area (Å²) in [5.74, 6) is -0.225. The first-order chi connectivity index (χ1) is 11.0. The molecule has 23 heavy (non-hydrogen) atoms. The van der Waals surface area contributed by atoms with Crippen LogP contribution in [0.2, 0.25) is 0 Å². The fourth-order valence-corrected chi connectivity index (χ4v) is 3.17. The van der Waals surface area contributed by atoms with Crippen molar-refractivity contribution in [2.24, 2.45) is 0 Å². The van der Waals surface area contributed by atoms with Crippen LogP contribution in [0.25, 0.3) is 0 Å². The Hall–Kier alpha value is -2.42. The van der Waals surface area contributed by atoms with E-state index in [4.69, 9.17) is 9.94 Å². The van der Waals surface area contributed by atoms with E-state index in [-0.39, 0.29) is 17.0 Å². The number of hydrogen-bond acceptors (Lipinski definition) is 5. The number of hydroxylamine groups is 1. The van der Waals surface area contributed by atoms with Crippen molar-refractivity contribution in [3.05, 3.63) is 59.7 Å². The summed E-state index contributed by atoms with van der Waals surface area (Å²) in [5.41, 5.74) is 2.03. The highest BCUT2D eigenvalue weighted by molar-refractivity contribution is 7.89. The number of amides is 1. The average molecular weight is 336 g/mol. The first kappa shape index (κ1) is 16.9. The molecule has 0 bridgehead atoms. The molecule has 0 heterocycles. The van der Waals surface area contributed by atoms with Gasteiger partial charge in [0.15, 0.2) is 0 Å². The minimum Gasteiger partial charge on any atom is -0.497 e. The number of benzene rings is 2. The van der Waals surface area contributed by atoms with Crippen LogP contribution in [0.15, 0.2) is 53.4 Å². The third-order valence-electron chi connectivity index (χ3n) is 3.15. The second kappa shape index (κ2) is 7.23. The van der Waals surface area contributed by atoms with Gasteiger partial charge >= 0.3 is 0 Å². The van der Waals surface area contributed by atoms with Crippen molar-refractivity contribution in [2.45, 2.75) is 11.4 Å². The number of sulfonamides is 1. The summed E-state index contributed by atoms with van der Waals surface area (Å²) in [6.07, 6.45) is 0. The van der Waals surface area contributed by atoms with Crippen molar-refractivity contribution in [1.29, 1.82) is 0 Å². The van der Waals surface area contributed by atoms with Gasteiger partial charge in [-0.05, 0) is 29.8 Å². The van der Waals surface area contributed by atoms with Gasteiger partial charge < -0.3 is 4.74 Å². The average Bonchev–Trinajstić information content (AvgIpc) is 2.59. The van der Waals surface area contributed by atoms with Crippen molar-refractivity contribution in [3.8, 4) is 5.75 Å². The number of carbonyl (C=O) groups excluding carboxylic acids is 1. The molecule has 3 N–H and O–H groups in total. The molecular weight excluding hydrogens is 320 g/mol. The van der Waals surface area contributed by atoms with Crippen molar-refractivity contribution in [3.63, 3.8) is 0 Å². The molecule has 8 heteroatoms. The van der Waals surface area contributed by atoms with Crippen LogP contribution in [0.5, 0.6) is 5.75 Å². The lowest BCUT2D eigenvalue weighted by molar-refractivity contribution is 0.0702. The van der Waals surface area contributed by atoms with Gasteiger partial charge in [-0.1, -0.05) is 24.3 Å². The fourth-order valence-electron chi connectivity index (χ4n) is 1.95. The zero-order valence-corrected chi connectivity index (χ0v) is 13.1. The van der Waals surface area contributed by atoms with E-state index >= 15 is 0 Å². The van der Waals surface area contributed by atoms with Gasteiger partial charge in [0.05, 0.1) is 17.6 Å². The van der Waals surface area contributed by atoms with Crippen molar-refractivity contribution in [1.82, 2.24) is 10.2 Å². The zero-order valence-electron chi connectivity index (χ0n) is 12.3. The molecule has 2 aromatic carbocycles. The Labute approximate surface area is 133 Å². The summed E-state index contributed by atoms with van der Waals surface area (Å²) in [7, 11) is -2.37. The maximum Gasteiger partial charge on any atom is 0.276 e. The third kappa shape index (κ3) is 4.07. The standard InChI is InChI=1S/C15H16N2O5S/c1-22-12-8-6-11(7-9-12)10-16-23(20,21)14-5-3-2-4-13(14)15(18)17-19/h2-9,16,19H,10H2,1H3,(H,17,18). The van der Waals surface area contributed by atoms with Gasteiger partial charge in [0.25, 0.3) is 5.91 Å². The molecule has 0 radical (unpaired) electrons. The van der Waals surface area contributed by atoms with Crippen molar-refractivity contribution in [2.75, 3.05) is 7.11 Å². The molecule has 0 fully saturated rings. The number of nitrogens with one attached hydrogen (secondary N) is 2. The van der Waals surface area contributed by atoms with Crippen LogP contribution < -0.4 is 14.9 Å². The molecule has 0 aliphatic carbocycles. The molecule has 0 atom stereocenters. The van der Waals surface area contributed by atoms with Crippen LogP contribution in [0.1, 0.15) is 15.9 Å². The normalized spacial score (nSPS) is 11.0. The first-order valence-electron chi connectivity index (χ1n) is 6.64. The smallest absolute Gasteiger partial charge is 0.276 e. The van der Waals surface area contributed by atoms with E-state index in [2.05, 4.69) is 4.72 Å². The van der Waals surface area contributed by atoms with Gasteiger partial charge in [-0.25, -0.2) is 18.6 Å². The maximum atomic E-state index is 12.4. The molecule has 2 rings (SSSR count). The summed E-state index contributed by atoms with van der Waals surface area (Å²) in [5, 5.41) is 8.71. The quantitative estimate of drug-likeness (QED) is 0.545. The van der Waals surface area contributed by atoms with Gasteiger partial charge in [-0.2, -0.15) is 0 Å². The molecule has 0 aromatic heterocycles. The highest BCUT2D eigenvalue weighted by Crippen LogP contribution is 2.16.